The summed E-state index contributed by atoms with van der Waals surface area (Å²) >= 11 is 0. The molecule has 0 fully saturated rings. The summed E-state index contributed by atoms with van der Waals surface area (Å²) in [5, 5.41) is 3.33. The molecule has 2 heteroatoms. The SMILES string of the molecule is CCNCC([SiH3])CC. The van der Waals surface area contributed by atoms with Gasteiger partial charge >= 0.3 is 0 Å². The van der Waals surface area contributed by atoms with Gasteiger partial charge in [0.1, 0.15) is 0 Å². The molecule has 1 N–H and O–H groups in total. The van der Waals surface area contributed by atoms with Gasteiger partial charge in [-0.25, -0.2) is 0 Å². The van der Waals surface area contributed by atoms with Gasteiger partial charge in [0.25, 0.3) is 0 Å². The van der Waals surface area contributed by atoms with E-state index in [2.05, 4.69) is 19.2 Å². The maximum absolute atomic E-state index is 3.33. The van der Waals surface area contributed by atoms with Crippen molar-refractivity contribution in [3.05, 3.63) is 0 Å². The van der Waals surface area contributed by atoms with Gasteiger partial charge in [-0.2, -0.15) is 0 Å². The third-order valence-corrected chi connectivity index (χ3v) is 2.66. The third kappa shape index (κ3) is 4.34. The molecule has 0 aromatic rings. The zero-order chi connectivity index (χ0) is 6.41. The molecule has 0 saturated heterocycles. The Morgan fingerprint density at radius 1 is 1.50 bits per heavy atom. The van der Waals surface area contributed by atoms with E-state index in [0.29, 0.717) is 0 Å². The fraction of sp³-hybridized carbons (Fsp3) is 1.00. The fourth-order valence-corrected chi connectivity index (χ4v) is 0.824. The van der Waals surface area contributed by atoms with Gasteiger partial charge in [0, 0.05) is 10.2 Å². The van der Waals surface area contributed by atoms with Crippen LogP contribution in [0.2, 0.25) is 5.54 Å². The van der Waals surface area contributed by atoms with Crippen LogP contribution in [-0.2, 0) is 0 Å². The number of hydrogen-bond acceptors (Lipinski definition) is 1. The average molecular weight is 131 g/mol. The third-order valence-electron chi connectivity index (χ3n) is 1.44. The van der Waals surface area contributed by atoms with Crippen LogP contribution in [0.3, 0.4) is 0 Å². The molecule has 0 radical (unpaired) electrons. The van der Waals surface area contributed by atoms with E-state index in [1.807, 2.05) is 0 Å². The summed E-state index contributed by atoms with van der Waals surface area (Å²) in [6, 6.07) is 0. The van der Waals surface area contributed by atoms with E-state index in [-0.39, 0.29) is 0 Å². The molecule has 0 amide bonds. The van der Waals surface area contributed by atoms with Crippen LogP contribution in [0.1, 0.15) is 20.3 Å². The van der Waals surface area contributed by atoms with Gasteiger partial charge in [-0.15, -0.1) is 0 Å². The van der Waals surface area contributed by atoms with Crippen molar-refractivity contribution < 1.29 is 0 Å². The molecule has 0 rings (SSSR count). The lowest BCUT2D eigenvalue weighted by Gasteiger charge is -2.06. The second-order valence-corrected chi connectivity index (χ2v) is 3.95. The molecular formula is C6H17NSi. The first-order chi connectivity index (χ1) is 3.81. The van der Waals surface area contributed by atoms with Crippen molar-refractivity contribution >= 4 is 10.2 Å². The average Bonchev–Trinajstić information content (AvgIpc) is 1.83. The summed E-state index contributed by atoms with van der Waals surface area (Å²) in [6.45, 7) is 6.77. The first-order valence-corrected chi connectivity index (χ1v) is 4.67. The molecule has 0 spiro atoms. The van der Waals surface area contributed by atoms with Crippen LogP contribution in [0.15, 0.2) is 0 Å². The molecule has 1 atom stereocenters. The van der Waals surface area contributed by atoms with Crippen molar-refractivity contribution in [1.29, 1.82) is 0 Å². The van der Waals surface area contributed by atoms with E-state index >= 15 is 0 Å². The second-order valence-electron chi connectivity index (χ2n) is 2.32. The zero-order valence-electron chi connectivity index (χ0n) is 6.20. The van der Waals surface area contributed by atoms with Crippen LogP contribution in [0, 0.1) is 0 Å². The van der Waals surface area contributed by atoms with Crippen LogP contribution in [0.4, 0.5) is 0 Å². The molecular weight excluding hydrogens is 114 g/mol. The first kappa shape index (κ1) is 8.18. The van der Waals surface area contributed by atoms with Crippen LogP contribution < -0.4 is 5.32 Å². The molecule has 0 aliphatic carbocycles. The first-order valence-electron chi connectivity index (χ1n) is 3.52. The largest absolute Gasteiger partial charge is 0.317 e. The van der Waals surface area contributed by atoms with E-state index in [1.165, 1.54) is 23.2 Å². The molecule has 0 aliphatic heterocycles. The minimum absolute atomic E-state index is 0.981. The second kappa shape index (κ2) is 5.32. The van der Waals surface area contributed by atoms with E-state index in [0.717, 1.165) is 12.1 Å². The van der Waals surface area contributed by atoms with Gasteiger partial charge < -0.3 is 5.32 Å². The minimum Gasteiger partial charge on any atom is -0.317 e. The van der Waals surface area contributed by atoms with Crippen LogP contribution in [-0.4, -0.2) is 23.3 Å². The lowest BCUT2D eigenvalue weighted by molar-refractivity contribution is 0.662. The van der Waals surface area contributed by atoms with Gasteiger partial charge in [-0.3, -0.25) is 0 Å². The Morgan fingerprint density at radius 3 is 2.50 bits per heavy atom. The molecule has 50 valence electrons. The molecule has 0 aromatic carbocycles. The quantitative estimate of drug-likeness (QED) is 0.536. The normalized spacial score (nSPS) is 14.2. The minimum atomic E-state index is 0.981. The summed E-state index contributed by atoms with van der Waals surface area (Å²) in [5.74, 6) is 0. The molecule has 8 heavy (non-hydrogen) atoms. The predicted octanol–water partition coefficient (Wildman–Crippen LogP) is 0.160. The number of rotatable bonds is 4. The van der Waals surface area contributed by atoms with Crippen molar-refractivity contribution in [2.75, 3.05) is 13.1 Å². The fourth-order valence-electron chi connectivity index (χ4n) is 0.535. The Balaban J connectivity index is 2.86. The van der Waals surface area contributed by atoms with Crippen molar-refractivity contribution in [2.24, 2.45) is 0 Å². The summed E-state index contributed by atoms with van der Waals surface area (Å²) < 4.78 is 0. The monoisotopic (exact) mass is 131 g/mol. The molecule has 0 aliphatic rings. The summed E-state index contributed by atoms with van der Waals surface area (Å²) in [4.78, 5) is 0. The van der Waals surface area contributed by atoms with E-state index < -0.39 is 0 Å². The van der Waals surface area contributed by atoms with Crippen LogP contribution in [0.25, 0.3) is 0 Å². The van der Waals surface area contributed by atoms with E-state index in [4.69, 9.17) is 0 Å². The van der Waals surface area contributed by atoms with Gasteiger partial charge in [0.2, 0.25) is 0 Å². The van der Waals surface area contributed by atoms with Gasteiger partial charge in [0.05, 0.1) is 0 Å². The Bertz CT molecular complexity index is 47.8. The Labute approximate surface area is 55.3 Å². The lowest BCUT2D eigenvalue weighted by atomic mass is 10.3. The van der Waals surface area contributed by atoms with E-state index in [9.17, 15) is 0 Å². The highest BCUT2D eigenvalue weighted by molar-refractivity contribution is 6.11. The summed E-state index contributed by atoms with van der Waals surface area (Å²) in [5.41, 5.74) is 0.981. The van der Waals surface area contributed by atoms with Gasteiger partial charge in [-0.1, -0.05) is 20.3 Å². The maximum Gasteiger partial charge on any atom is 0.00833 e. The van der Waals surface area contributed by atoms with Crippen LogP contribution in [0.5, 0.6) is 0 Å². The van der Waals surface area contributed by atoms with Crippen LogP contribution >= 0.6 is 0 Å². The molecule has 0 aromatic heterocycles. The lowest BCUT2D eigenvalue weighted by Crippen LogP contribution is -2.18. The molecule has 1 nitrogen and oxygen atoms in total. The van der Waals surface area contributed by atoms with Crippen molar-refractivity contribution in [3.8, 4) is 0 Å². The van der Waals surface area contributed by atoms with E-state index in [1.54, 1.807) is 0 Å². The van der Waals surface area contributed by atoms with Gasteiger partial charge in [-0.05, 0) is 18.6 Å². The molecule has 0 bridgehead atoms. The summed E-state index contributed by atoms with van der Waals surface area (Å²) in [7, 11) is 1.34. The highest BCUT2D eigenvalue weighted by Crippen LogP contribution is 1.99. The smallest absolute Gasteiger partial charge is 0.00833 e. The molecule has 1 unspecified atom stereocenters. The van der Waals surface area contributed by atoms with Gasteiger partial charge in [0.15, 0.2) is 0 Å². The Kier molecular flexibility index (Phi) is 5.43. The highest BCUT2D eigenvalue weighted by atomic mass is 28.1. The maximum atomic E-state index is 3.33. The zero-order valence-corrected chi connectivity index (χ0v) is 8.20. The highest BCUT2D eigenvalue weighted by Gasteiger charge is 1.93. The standard InChI is InChI=1S/C6H17NSi/c1-3-6(8)5-7-4-2/h6-7H,3-5H2,1-2,8H3. The number of hydrogen-bond donors (Lipinski definition) is 1. The van der Waals surface area contributed by atoms with Crippen molar-refractivity contribution in [1.82, 2.24) is 5.32 Å². The Morgan fingerprint density at radius 2 is 2.12 bits per heavy atom. The topological polar surface area (TPSA) is 12.0 Å². The van der Waals surface area contributed by atoms with Crippen molar-refractivity contribution in [2.45, 2.75) is 25.8 Å². The molecule has 0 heterocycles. The van der Waals surface area contributed by atoms with Crippen molar-refractivity contribution in [3.63, 3.8) is 0 Å². The predicted molar refractivity (Wildman–Crippen MR) is 42.5 cm³/mol. The number of nitrogens with one attached hydrogen (secondary N) is 1. The molecule has 0 saturated carbocycles. The summed E-state index contributed by atoms with van der Waals surface area (Å²) in [6.07, 6.45) is 1.35. The Hall–Kier alpha value is 0.177.